The summed E-state index contributed by atoms with van der Waals surface area (Å²) in [5.41, 5.74) is 5.83. The molecule has 0 saturated carbocycles. The number of nitrogens with zero attached hydrogens (tertiary/aromatic N) is 2. The number of fused-ring (bicyclic) bond motifs is 2. The van der Waals surface area contributed by atoms with Gasteiger partial charge in [0, 0.05) is 0 Å². The van der Waals surface area contributed by atoms with Crippen LogP contribution >= 0.6 is 61.8 Å². The lowest BCUT2D eigenvalue weighted by Gasteiger charge is -2.08. The van der Waals surface area contributed by atoms with Gasteiger partial charge < -0.3 is 10.5 Å². The van der Waals surface area contributed by atoms with E-state index in [-0.39, 0.29) is 12.4 Å². The summed E-state index contributed by atoms with van der Waals surface area (Å²) in [6, 6.07) is 13.1. The van der Waals surface area contributed by atoms with Gasteiger partial charge in [0.1, 0.15) is 28.0 Å². The standard InChI is InChI=1S/C15H9ClF2N2O2S.C8H5BrClNS/c16-7-2-1-3-9-14(7)23-11(20-9)6-22-10-5-4-8(17)12(13(10)18)15(19)21;9-4-7-11-6-3-1-2-5(10)8(6)12-7/h1-5H,6H2,(H2,19,21);1-3H,4H2. The van der Waals surface area contributed by atoms with Crippen LogP contribution in [0.1, 0.15) is 20.4 Å². The van der Waals surface area contributed by atoms with Crippen molar-refractivity contribution in [2.24, 2.45) is 5.73 Å². The molecule has 180 valence electrons. The molecule has 35 heavy (non-hydrogen) atoms. The molecule has 0 fully saturated rings. The summed E-state index contributed by atoms with van der Waals surface area (Å²) in [4.78, 5) is 19.8. The minimum Gasteiger partial charge on any atom is -0.483 e. The van der Waals surface area contributed by atoms with Crippen molar-refractivity contribution in [3.05, 3.63) is 85.8 Å². The second-order valence-electron chi connectivity index (χ2n) is 6.91. The molecule has 1 amide bonds. The van der Waals surface area contributed by atoms with Crippen LogP contribution in [0.3, 0.4) is 0 Å². The molecule has 0 atom stereocenters. The van der Waals surface area contributed by atoms with E-state index in [4.69, 9.17) is 33.7 Å². The Hall–Kier alpha value is -2.37. The smallest absolute Gasteiger partial charge is 0.254 e. The minimum absolute atomic E-state index is 0.0452. The SMILES string of the molecule is Clc1cccc2nc(CBr)sc12.NC(=O)c1c(F)ccc(OCc2nc3cccc(Cl)c3s2)c1F. The predicted molar refractivity (Wildman–Crippen MR) is 141 cm³/mol. The molecule has 0 aliphatic heterocycles. The number of ether oxygens (including phenoxy) is 1. The van der Waals surface area contributed by atoms with E-state index in [1.165, 1.54) is 11.3 Å². The maximum Gasteiger partial charge on any atom is 0.254 e. The number of hydrogen-bond donors (Lipinski definition) is 1. The number of halogens is 5. The average Bonchev–Trinajstić information content (AvgIpc) is 3.44. The number of primary amides is 1. The van der Waals surface area contributed by atoms with Crippen molar-refractivity contribution in [3.63, 3.8) is 0 Å². The number of rotatable bonds is 5. The summed E-state index contributed by atoms with van der Waals surface area (Å²) in [5, 5.41) is 3.78. The number of benzene rings is 3. The number of nitrogens with two attached hydrogens (primary N) is 1. The molecular weight excluding hydrogens is 603 g/mol. The number of thiazole rings is 2. The fraction of sp³-hybridized carbons (Fsp3) is 0.0870. The normalized spacial score (nSPS) is 10.9. The molecule has 2 heterocycles. The summed E-state index contributed by atoms with van der Waals surface area (Å²) in [6.45, 7) is -0.0452. The Balaban J connectivity index is 0.000000201. The van der Waals surface area contributed by atoms with Crippen molar-refractivity contribution in [1.82, 2.24) is 9.97 Å². The van der Waals surface area contributed by atoms with Crippen molar-refractivity contribution in [3.8, 4) is 5.75 Å². The van der Waals surface area contributed by atoms with E-state index >= 15 is 0 Å². The van der Waals surface area contributed by atoms with E-state index in [9.17, 15) is 13.6 Å². The Morgan fingerprint density at radius 1 is 0.943 bits per heavy atom. The van der Waals surface area contributed by atoms with E-state index in [2.05, 4.69) is 25.9 Å². The number of alkyl halides is 1. The molecule has 5 rings (SSSR count). The fourth-order valence-electron chi connectivity index (χ4n) is 3.05. The van der Waals surface area contributed by atoms with Crippen molar-refractivity contribution in [2.45, 2.75) is 11.9 Å². The molecule has 12 heteroatoms. The Labute approximate surface area is 224 Å². The van der Waals surface area contributed by atoms with Gasteiger partial charge in [-0.05, 0) is 36.4 Å². The molecule has 2 N–H and O–H groups in total. The summed E-state index contributed by atoms with van der Waals surface area (Å²) in [5.74, 6) is -3.63. The van der Waals surface area contributed by atoms with E-state index in [0.29, 0.717) is 15.5 Å². The summed E-state index contributed by atoms with van der Waals surface area (Å²) in [6.07, 6.45) is 0. The molecular formula is C23H14BrCl2F2N3O2S2. The number of hydrogen-bond acceptors (Lipinski definition) is 6. The number of amides is 1. The lowest BCUT2D eigenvalue weighted by molar-refractivity contribution is 0.0991. The lowest BCUT2D eigenvalue weighted by atomic mass is 10.2. The molecule has 5 nitrogen and oxygen atoms in total. The minimum atomic E-state index is -1.20. The molecule has 0 aliphatic carbocycles. The highest BCUT2D eigenvalue weighted by atomic mass is 79.9. The van der Waals surface area contributed by atoms with Crippen LogP contribution in [0.15, 0.2) is 48.5 Å². The van der Waals surface area contributed by atoms with Gasteiger partial charge in [-0.15, -0.1) is 22.7 Å². The Morgan fingerprint density at radius 2 is 1.51 bits per heavy atom. The Morgan fingerprint density at radius 3 is 2.06 bits per heavy atom. The highest BCUT2D eigenvalue weighted by Crippen LogP contribution is 2.31. The first-order valence-corrected chi connectivity index (χ1v) is 13.3. The van der Waals surface area contributed by atoms with Crippen LogP contribution < -0.4 is 10.5 Å². The van der Waals surface area contributed by atoms with Gasteiger partial charge in [-0.25, -0.2) is 18.7 Å². The Bertz CT molecular complexity index is 1540. The number of aromatic nitrogens is 2. The zero-order chi connectivity index (χ0) is 25.1. The molecule has 0 saturated heterocycles. The van der Waals surface area contributed by atoms with Gasteiger partial charge >= 0.3 is 0 Å². The average molecular weight is 617 g/mol. The third-order valence-electron chi connectivity index (χ3n) is 4.59. The molecule has 0 unspecified atom stereocenters. The van der Waals surface area contributed by atoms with Crippen LogP contribution in [-0.4, -0.2) is 15.9 Å². The highest BCUT2D eigenvalue weighted by Gasteiger charge is 2.19. The van der Waals surface area contributed by atoms with E-state index in [1.54, 1.807) is 29.5 Å². The molecule has 5 aromatic rings. The fourth-order valence-corrected chi connectivity index (χ4v) is 5.79. The second-order valence-corrected chi connectivity index (χ2v) is 10.5. The van der Waals surface area contributed by atoms with Gasteiger partial charge in [0.15, 0.2) is 11.6 Å². The van der Waals surface area contributed by atoms with Gasteiger partial charge in [-0.3, -0.25) is 4.79 Å². The first kappa shape index (κ1) is 25.7. The van der Waals surface area contributed by atoms with E-state index in [1.807, 2.05) is 18.2 Å². The largest absolute Gasteiger partial charge is 0.483 e. The van der Waals surface area contributed by atoms with Gasteiger partial charge in [-0.2, -0.15) is 0 Å². The first-order valence-electron chi connectivity index (χ1n) is 9.83. The van der Waals surface area contributed by atoms with Crippen molar-refractivity contribution in [2.75, 3.05) is 0 Å². The quantitative estimate of drug-likeness (QED) is 0.205. The van der Waals surface area contributed by atoms with Crippen LogP contribution in [0.4, 0.5) is 8.78 Å². The van der Waals surface area contributed by atoms with Crippen molar-refractivity contribution >= 4 is 88.1 Å². The third-order valence-corrected chi connectivity index (χ3v) is 8.53. The lowest BCUT2D eigenvalue weighted by Crippen LogP contribution is -2.16. The van der Waals surface area contributed by atoms with Crippen LogP contribution in [0.5, 0.6) is 5.75 Å². The molecule has 2 aromatic heterocycles. The maximum atomic E-state index is 14.1. The van der Waals surface area contributed by atoms with Gasteiger partial charge in [0.05, 0.1) is 35.8 Å². The molecule has 0 radical (unpaired) electrons. The number of carbonyl (C=O) groups excluding carboxylic acids is 1. The summed E-state index contributed by atoms with van der Waals surface area (Å²) in [7, 11) is 0. The van der Waals surface area contributed by atoms with Crippen LogP contribution in [0.25, 0.3) is 20.4 Å². The van der Waals surface area contributed by atoms with Gasteiger partial charge in [0.2, 0.25) is 0 Å². The summed E-state index contributed by atoms with van der Waals surface area (Å²) >= 11 is 18.4. The predicted octanol–water partition coefficient (Wildman–Crippen LogP) is 7.75. The first-order chi connectivity index (χ1) is 16.8. The zero-order valence-electron chi connectivity index (χ0n) is 17.5. The zero-order valence-corrected chi connectivity index (χ0v) is 22.3. The monoisotopic (exact) mass is 615 g/mol. The molecule has 0 aliphatic rings. The third kappa shape index (κ3) is 5.73. The molecule has 3 aromatic carbocycles. The highest BCUT2D eigenvalue weighted by molar-refractivity contribution is 9.08. The van der Waals surface area contributed by atoms with E-state index < -0.39 is 23.1 Å². The van der Waals surface area contributed by atoms with Gasteiger partial charge in [0.25, 0.3) is 5.91 Å². The topological polar surface area (TPSA) is 78.1 Å². The number of carbonyl (C=O) groups is 1. The summed E-state index contributed by atoms with van der Waals surface area (Å²) < 4.78 is 34.6. The molecule has 0 spiro atoms. The van der Waals surface area contributed by atoms with Gasteiger partial charge in [-0.1, -0.05) is 51.3 Å². The van der Waals surface area contributed by atoms with Crippen LogP contribution in [0.2, 0.25) is 10.0 Å². The maximum absolute atomic E-state index is 14.1. The molecule has 0 bridgehead atoms. The second kappa shape index (κ2) is 11.1. The Kier molecular flexibility index (Phi) is 8.18. The van der Waals surface area contributed by atoms with Crippen LogP contribution in [-0.2, 0) is 11.9 Å². The van der Waals surface area contributed by atoms with Crippen molar-refractivity contribution in [1.29, 1.82) is 0 Å². The van der Waals surface area contributed by atoms with Crippen LogP contribution in [0, 0.1) is 11.6 Å². The van der Waals surface area contributed by atoms with Crippen molar-refractivity contribution < 1.29 is 18.3 Å². The van der Waals surface area contributed by atoms with E-state index in [0.717, 1.165) is 42.4 Å².